The second kappa shape index (κ2) is 8.00. The number of carbonyl (C=O) groups is 1. The monoisotopic (exact) mass is 408 g/mol. The summed E-state index contributed by atoms with van der Waals surface area (Å²) in [5, 5.41) is 0. The summed E-state index contributed by atoms with van der Waals surface area (Å²) < 4.78 is 16.8. The molecule has 0 spiro atoms. The van der Waals surface area contributed by atoms with Crippen molar-refractivity contribution in [3.63, 3.8) is 0 Å². The Hall–Kier alpha value is -4.05. The number of furan rings is 1. The zero-order chi connectivity index (χ0) is 21.2. The van der Waals surface area contributed by atoms with Gasteiger partial charge in [0.1, 0.15) is 23.0 Å². The Balaban J connectivity index is 1.62. The molecule has 1 atom stereocenters. The Kier molecular flexibility index (Phi) is 4.89. The number of benzene rings is 3. The molecule has 0 fully saturated rings. The minimum absolute atomic E-state index is 0.0515. The first-order chi connectivity index (χ1) is 15.2. The lowest BCUT2D eigenvalue weighted by Gasteiger charge is -2.14. The molecular formula is C27H20O4. The highest BCUT2D eigenvalue weighted by molar-refractivity contribution is 6.18. The van der Waals surface area contributed by atoms with E-state index in [-0.39, 0.29) is 11.7 Å². The quantitative estimate of drug-likeness (QED) is 0.354. The van der Waals surface area contributed by atoms with E-state index < -0.39 is 0 Å². The maximum absolute atomic E-state index is 13.6. The van der Waals surface area contributed by atoms with Crippen LogP contribution in [0.15, 0.2) is 101 Å². The van der Waals surface area contributed by atoms with Crippen molar-refractivity contribution in [2.24, 2.45) is 0 Å². The molecule has 3 aromatic carbocycles. The maximum Gasteiger partial charge on any atom is 0.194 e. The SMILES string of the molecule is COc1ccc(Oc2cccc3c2C(=O)C(=Cc2ccco2)C3c2ccccc2)cc1. The van der Waals surface area contributed by atoms with Gasteiger partial charge in [0.05, 0.1) is 18.9 Å². The van der Waals surface area contributed by atoms with Crippen LogP contribution in [0.3, 0.4) is 0 Å². The standard InChI is InChI=1S/C27H20O4/c1-29-19-12-14-20(15-13-19)31-24-11-5-10-22-25(18-7-3-2-4-8-18)23(27(28)26(22)24)17-21-9-6-16-30-21/h2-17,25H,1H3. The summed E-state index contributed by atoms with van der Waals surface area (Å²) in [5.74, 6) is 2.33. The van der Waals surface area contributed by atoms with Gasteiger partial charge in [-0.3, -0.25) is 4.79 Å². The van der Waals surface area contributed by atoms with E-state index in [0.29, 0.717) is 28.4 Å². The van der Waals surface area contributed by atoms with Crippen molar-refractivity contribution < 1.29 is 18.7 Å². The van der Waals surface area contributed by atoms with Gasteiger partial charge < -0.3 is 13.9 Å². The van der Waals surface area contributed by atoms with E-state index in [1.807, 2.05) is 91.0 Å². The van der Waals surface area contributed by atoms with Crippen molar-refractivity contribution in [2.75, 3.05) is 7.11 Å². The van der Waals surface area contributed by atoms with Crippen LogP contribution in [0.4, 0.5) is 0 Å². The highest BCUT2D eigenvalue weighted by Crippen LogP contribution is 2.46. The van der Waals surface area contributed by atoms with Crippen molar-refractivity contribution in [1.82, 2.24) is 0 Å². The first-order valence-electron chi connectivity index (χ1n) is 10.0. The second-order valence-corrected chi connectivity index (χ2v) is 7.29. The lowest BCUT2D eigenvalue weighted by Crippen LogP contribution is -2.02. The third-order valence-electron chi connectivity index (χ3n) is 5.43. The highest BCUT2D eigenvalue weighted by Gasteiger charge is 2.38. The number of fused-ring (bicyclic) bond motifs is 1. The number of carbonyl (C=O) groups excluding carboxylic acids is 1. The van der Waals surface area contributed by atoms with Crippen LogP contribution < -0.4 is 9.47 Å². The van der Waals surface area contributed by atoms with Gasteiger partial charge in [0, 0.05) is 11.5 Å². The molecule has 0 N–H and O–H groups in total. The van der Waals surface area contributed by atoms with Gasteiger partial charge in [-0.15, -0.1) is 0 Å². The zero-order valence-corrected chi connectivity index (χ0v) is 16.9. The summed E-state index contributed by atoms with van der Waals surface area (Å²) in [6, 6.07) is 26.8. The molecule has 4 nitrogen and oxygen atoms in total. The minimum Gasteiger partial charge on any atom is -0.497 e. The second-order valence-electron chi connectivity index (χ2n) is 7.29. The fourth-order valence-corrected chi connectivity index (χ4v) is 4.01. The molecule has 4 aromatic rings. The normalized spacial score (nSPS) is 16.4. The Morgan fingerprint density at radius 2 is 1.61 bits per heavy atom. The largest absolute Gasteiger partial charge is 0.497 e. The molecule has 1 aliphatic rings. The summed E-state index contributed by atoms with van der Waals surface area (Å²) in [6.07, 6.45) is 3.44. The van der Waals surface area contributed by atoms with Gasteiger partial charge in [0.25, 0.3) is 0 Å². The first kappa shape index (κ1) is 18.9. The summed E-state index contributed by atoms with van der Waals surface area (Å²) in [4.78, 5) is 13.6. The fraction of sp³-hybridized carbons (Fsp3) is 0.0741. The van der Waals surface area contributed by atoms with Crippen molar-refractivity contribution >= 4 is 11.9 Å². The minimum atomic E-state index is -0.187. The molecule has 1 aliphatic carbocycles. The van der Waals surface area contributed by atoms with Crippen LogP contribution in [0.5, 0.6) is 17.2 Å². The lowest BCUT2D eigenvalue weighted by atomic mass is 9.89. The van der Waals surface area contributed by atoms with E-state index in [2.05, 4.69) is 0 Å². The molecule has 1 heterocycles. The van der Waals surface area contributed by atoms with Gasteiger partial charge >= 0.3 is 0 Å². The Morgan fingerprint density at radius 1 is 0.839 bits per heavy atom. The Labute approximate surface area is 180 Å². The van der Waals surface area contributed by atoms with Gasteiger partial charge in [-0.1, -0.05) is 42.5 Å². The van der Waals surface area contributed by atoms with Crippen LogP contribution in [0, 0.1) is 0 Å². The first-order valence-corrected chi connectivity index (χ1v) is 10.0. The summed E-state index contributed by atoms with van der Waals surface area (Å²) >= 11 is 0. The molecule has 1 unspecified atom stereocenters. The fourth-order valence-electron chi connectivity index (χ4n) is 4.01. The topological polar surface area (TPSA) is 48.7 Å². The maximum atomic E-state index is 13.6. The van der Waals surface area contributed by atoms with E-state index in [1.54, 1.807) is 13.4 Å². The van der Waals surface area contributed by atoms with Crippen LogP contribution in [0.1, 0.15) is 33.2 Å². The summed E-state index contributed by atoms with van der Waals surface area (Å²) in [7, 11) is 1.62. The third kappa shape index (κ3) is 3.53. The number of ketones is 1. The summed E-state index contributed by atoms with van der Waals surface area (Å²) in [6.45, 7) is 0. The molecule has 0 bridgehead atoms. The van der Waals surface area contributed by atoms with Crippen LogP contribution >= 0.6 is 0 Å². The molecule has 0 saturated carbocycles. The highest BCUT2D eigenvalue weighted by atomic mass is 16.5. The van der Waals surface area contributed by atoms with Crippen molar-refractivity contribution in [2.45, 2.75) is 5.92 Å². The van der Waals surface area contributed by atoms with Crippen molar-refractivity contribution in [3.05, 3.63) is 119 Å². The molecule has 0 amide bonds. The van der Waals surface area contributed by atoms with Crippen LogP contribution in [-0.4, -0.2) is 12.9 Å². The zero-order valence-electron chi connectivity index (χ0n) is 16.9. The van der Waals surface area contributed by atoms with Crippen LogP contribution in [0.25, 0.3) is 6.08 Å². The van der Waals surface area contributed by atoms with Crippen LogP contribution in [-0.2, 0) is 0 Å². The molecule has 0 saturated heterocycles. The van der Waals surface area contributed by atoms with E-state index in [9.17, 15) is 4.79 Å². The van der Waals surface area contributed by atoms with Gasteiger partial charge in [0.2, 0.25) is 0 Å². The third-order valence-corrected chi connectivity index (χ3v) is 5.43. The van der Waals surface area contributed by atoms with Gasteiger partial charge in [-0.05, 0) is 59.7 Å². The molecular weight excluding hydrogens is 388 g/mol. The van der Waals surface area contributed by atoms with Crippen LogP contribution in [0.2, 0.25) is 0 Å². The summed E-state index contributed by atoms with van der Waals surface area (Å²) in [5.41, 5.74) is 3.24. The molecule has 4 heteroatoms. The Bertz CT molecular complexity index is 1240. The number of methoxy groups -OCH3 is 1. The number of hydrogen-bond acceptors (Lipinski definition) is 4. The van der Waals surface area contributed by atoms with E-state index in [1.165, 1.54) is 0 Å². The average molecular weight is 408 g/mol. The van der Waals surface area contributed by atoms with E-state index >= 15 is 0 Å². The molecule has 0 aliphatic heterocycles. The number of allylic oxidation sites excluding steroid dienone is 1. The number of ether oxygens (including phenoxy) is 2. The van der Waals surface area contributed by atoms with Crippen molar-refractivity contribution in [3.8, 4) is 17.2 Å². The predicted octanol–water partition coefficient (Wildman–Crippen LogP) is 6.49. The van der Waals surface area contributed by atoms with Crippen molar-refractivity contribution in [1.29, 1.82) is 0 Å². The smallest absolute Gasteiger partial charge is 0.194 e. The van der Waals surface area contributed by atoms with E-state index in [0.717, 1.165) is 16.9 Å². The number of Topliss-reactive ketones (excluding diaryl/α,β-unsaturated/α-hetero) is 1. The molecule has 1 aromatic heterocycles. The Morgan fingerprint density at radius 3 is 2.32 bits per heavy atom. The average Bonchev–Trinajstić information content (AvgIpc) is 3.42. The molecule has 5 rings (SSSR count). The van der Waals surface area contributed by atoms with Gasteiger partial charge in [-0.2, -0.15) is 0 Å². The van der Waals surface area contributed by atoms with E-state index in [4.69, 9.17) is 13.9 Å². The van der Waals surface area contributed by atoms with Gasteiger partial charge in [-0.25, -0.2) is 0 Å². The lowest BCUT2D eigenvalue weighted by molar-refractivity contribution is 0.103. The molecule has 152 valence electrons. The number of rotatable bonds is 5. The number of hydrogen-bond donors (Lipinski definition) is 0. The predicted molar refractivity (Wildman–Crippen MR) is 119 cm³/mol. The molecule has 31 heavy (non-hydrogen) atoms. The van der Waals surface area contributed by atoms with Gasteiger partial charge in [0.15, 0.2) is 5.78 Å². The molecule has 0 radical (unpaired) electrons.